The monoisotopic (exact) mass is 261 g/mol. The molecule has 1 N–H and O–H groups in total. The van der Waals surface area contributed by atoms with Crippen LogP contribution in [0.25, 0.3) is 0 Å². The maximum Gasteiger partial charge on any atom is 0.119 e. The third-order valence-corrected chi connectivity index (χ3v) is 4.11. The van der Waals surface area contributed by atoms with E-state index < -0.39 is 0 Å². The van der Waals surface area contributed by atoms with Crippen molar-refractivity contribution in [2.45, 2.75) is 57.9 Å². The van der Waals surface area contributed by atoms with Gasteiger partial charge in [-0.25, -0.2) is 0 Å². The van der Waals surface area contributed by atoms with Gasteiger partial charge < -0.3 is 10.1 Å². The zero-order valence-corrected chi connectivity index (χ0v) is 12.4. The molecule has 0 aromatic heterocycles. The Bertz CT molecular complexity index is 389. The molecule has 0 aliphatic carbocycles. The summed E-state index contributed by atoms with van der Waals surface area (Å²) in [5.41, 5.74) is 2.96. The summed E-state index contributed by atoms with van der Waals surface area (Å²) in [6.45, 7) is 3.38. The van der Waals surface area contributed by atoms with Gasteiger partial charge in [0.1, 0.15) is 5.75 Å². The Labute approximate surface area is 117 Å². The van der Waals surface area contributed by atoms with E-state index in [1.54, 1.807) is 7.11 Å². The molecule has 0 fully saturated rings. The molecule has 0 amide bonds. The summed E-state index contributed by atoms with van der Waals surface area (Å²) in [6, 6.07) is 7.07. The molecule has 1 aliphatic rings. The lowest BCUT2D eigenvalue weighted by atomic mass is 9.91. The van der Waals surface area contributed by atoms with Crippen molar-refractivity contribution in [1.82, 2.24) is 5.32 Å². The number of methoxy groups -OCH3 is 1. The van der Waals surface area contributed by atoms with Crippen LogP contribution in [0.5, 0.6) is 5.75 Å². The van der Waals surface area contributed by atoms with E-state index in [1.165, 1.54) is 49.7 Å². The van der Waals surface area contributed by atoms with Crippen LogP contribution in [0, 0.1) is 0 Å². The van der Waals surface area contributed by atoms with Gasteiger partial charge in [0.15, 0.2) is 0 Å². The minimum absolute atomic E-state index is 0.528. The van der Waals surface area contributed by atoms with Gasteiger partial charge in [0, 0.05) is 6.04 Å². The van der Waals surface area contributed by atoms with Crippen molar-refractivity contribution in [3.8, 4) is 5.75 Å². The Morgan fingerprint density at radius 2 is 2.05 bits per heavy atom. The van der Waals surface area contributed by atoms with Gasteiger partial charge in [-0.3, -0.25) is 0 Å². The zero-order valence-electron chi connectivity index (χ0n) is 12.4. The third-order valence-electron chi connectivity index (χ3n) is 4.11. The highest BCUT2D eigenvalue weighted by atomic mass is 16.5. The molecule has 2 nitrogen and oxygen atoms in total. The second-order valence-corrected chi connectivity index (χ2v) is 5.52. The summed E-state index contributed by atoms with van der Waals surface area (Å²) in [4.78, 5) is 0. The number of hydrogen-bond donors (Lipinski definition) is 1. The van der Waals surface area contributed by atoms with Crippen molar-refractivity contribution in [3.05, 3.63) is 29.3 Å². The van der Waals surface area contributed by atoms with Crippen molar-refractivity contribution in [2.75, 3.05) is 13.7 Å². The van der Waals surface area contributed by atoms with Crippen LogP contribution in [0.2, 0.25) is 0 Å². The lowest BCUT2D eigenvalue weighted by Gasteiger charge is -2.27. The average molecular weight is 261 g/mol. The predicted molar refractivity (Wildman–Crippen MR) is 80.8 cm³/mol. The van der Waals surface area contributed by atoms with Gasteiger partial charge in [0.2, 0.25) is 0 Å². The largest absolute Gasteiger partial charge is 0.497 e. The molecule has 0 saturated heterocycles. The molecule has 1 atom stereocenters. The van der Waals surface area contributed by atoms with Crippen LogP contribution in [0.1, 0.15) is 62.6 Å². The first kappa shape index (κ1) is 14.4. The fourth-order valence-corrected chi connectivity index (χ4v) is 2.95. The Kier molecular flexibility index (Phi) is 5.71. The fourth-order valence-electron chi connectivity index (χ4n) is 2.95. The molecule has 1 aliphatic heterocycles. The van der Waals surface area contributed by atoms with E-state index in [4.69, 9.17) is 4.74 Å². The van der Waals surface area contributed by atoms with Crippen LogP contribution < -0.4 is 10.1 Å². The predicted octanol–water partition coefficient (Wildman–Crippen LogP) is 4.24. The highest BCUT2D eigenvalue weighted by Gasteiger charge is 2.19. The Balaban J connectivity index is 1.92. The Morgan fingerprint density at radius 1 is 1.21 bits per heavy atom. The second-order valence-electron chi connectivity index (χ2n) is 5.52. The third kappa shape index (κ3) is 3.97. The van der Waals surface area contributed by atoms with E-state index in [0.29, 0.717) is 6.04 Å². The number of fused-ring (bicyclic) bond motifs is 1. The molecule has 19 heavy (non-hydrogen) atoms. The molecule has 1 unspecified atom stereocenters. The van der Waals surface area contributed by atoms with Gasteiger partial charge >= 0.3 is 0 Å². The van der Waals surface area contributed by atoms with Gasteiger partial charge in [-0.1, -0.05) is 45.1 Å². The first-order chi connectivity index (χ1) is 9.35. The van der Waals surface area contributed by atoms with Crippen LogP contribution in [0.3, 0.4) is 0 Å². The lowest BCUT2D eigenvalue weighted by molar-refractivity contribution is 0.408. The topological polar surface area (TPSA) is 21.3 Å². The molecule has 0 saturated carbocycles. The van der Waals surface area contributed by atoms with Crippen LogP contribution in [0.4, 0.5) is 0 Å². The molecule has 2 heteroatoms. The molecule has 1 heterocycles. The summed E-state index contributed by atoms with van der Waals surface area (Å²) in [7, 11) is 1.75. The van der Waals surface area contributed by atoms with Crippen molar-refractivity contribution in [3.63, 3.8) is 0 Å². The number of benzene rings is 1. The number of ether oxygens (including phenoxy) is 1. The maximum absolute atomic E-state index is 5.36. The van der Waals surface area contributed by atoms with E-state index in [2.05, 4.69) is 30.4 Å². The van der Waals surface area contributed by atoms with E-state index in [0.717, 1.165) is 18.7 Å². The fraction of sp³-hybridized carbons (Fsp3) is 0.647. The zero-order chi connectivity index (χ0) is 13.5. The summed E-state index contributed by atoms with van der Waals surface area (Å²) in [6.07, 6.45) is 9.17. The molecule has 0 bridgehead atoms. The van der Waals surface area contributed by atoms with E-state index in [-0.39, 0.29) is 0 Å². The lowest BCUT2D eigenvalue weighted by Crippen LogP contribution is -2.29. The van der Waals surface area contributed by atoms with Crippen LogP contribution in [0.15, 0.2) is 18.2 Å². The van der Waals surface area contributed by atoms with Gasteiger partial charge in [-0.2, -0.15) is 0 Å². The molecule has 0 spiro atoms. The van der Waals surface area contributed by atoms with Crippen LogP contribution in [-0.4, -0.2) is 13.7 Å². The maximum atomic E-state index is 5.36. The van der Waals surface area contributed by atoms with E-state index in [1.807, 2.05) is 0 Å². The minimum atomic E-state index is 0.528. The van der Waals surface area contributed by atoms with Crippen molar-refractivity contribution >= 4 is 0 Å². The molecule has 0 radical (unpaired) electrons. The van der Waals surface area contributed by atoms with Gasteiger partial charge in [-0.05, 0) is 42.6 Å². The summed E-state index contributed by atoms with van der Waals surface area (Å²) >= 11 is 0. The summed E-state index contributed by atoms with van der Waals surface area (Å²) < 4.78 is 5.36. The Morgan fingerprint density at radius 3 is 2.84 bits per heavy atom. The number of unbranched alkanes of at least 4 members (excludes halogenated alkanes) is 4. The molecular weight excluding hydrogens is 234 g/mol. The smallest absolute Gasteiger partial charge is 0.119 e. The number of hydrogen-bond acceptors (Lipinski definition) is 2. The van der Waals surface area contributed by atoms with Crippen LogP contribution >= 0.6 is 0 Å². The van der Waals surface area contributed by atoms with E-state index >= 15 is 0 Å². The van der Waals surface area contributed by atoms with Gasteiger partial charge in [0.25, 0.3) is 0 Å². The molecule has 1 aromatic rings. The summed E-state index contributed by atoms with van der Waals surface area (Å²) in [5, 5.41) is 3.66. The van der Waals surface area contributed by atoms with Crippen molar-refractivity contribution < 1.29 is 4.74 Å². The quantitative estimate of drug-likeness (QED) is 0.741. The number of rotatable bonds is 7. The SMILES string of the molecule is CCCCCCCC1NCCc2ccc(OC)cc21. The second kappa shape index (κ2) is 7.54. The van der Waals surface area contributed by atoms with Crippen molar-refractivity contribution in [1.29, 1.82) is 0 Å². The standard InChI is InChI=1S/C17H27NO/c1-3-4-5-6-7-8-17-16-13-15(19-2)10-9-14(16)11-12-18-17/h9-10,13,17-18H,3-8,11-12H2,1-2H3. The van der Waals surface area contributed by atoms with Gasteiger partial charge in [-0.15, -0.1) is 0 Å². The molecule has 106 valence electrons. The highest BCUT2D eigenvalue weighted by Crippen LogP contribution is 2.30. The number of nitrogens with one attached hydrogen (secondary N) is 1. The van der Waals surface area contributed by atoms with Crippen LogP contribution in [-0.2, 0) is 6.42 Å². The molecule has 1 aromatic carbocycles. The van der Waals surface area contributed by atoms with E-state index in [9.17, 15) is 0 Å². The van der Waals surface area contributed by atoms with Gasteiger partial charge in [0.05, 0.1) is 7.11 Å². The summed E-state index contributed by atoms with van der Waals surface area (Å²) in [5.74, 6) is 0.985. The minimum Gasteiger partial charge on any atom is -0.497 e. The first-order valence-electron chi connectivity index (χ1n) is 7.75. The molecule has 2 rings (SSSR count). The first-order valence-corrected chi connectivity index (χ1v) is 7.75. The average Bonchev–Trinajstić information content (AvgIpc) is 2.46. The normalized spacial score (nSPS) is 18.1. The highest BCUT2D eigenvalue weighted by molar-refractivity contribution is 5.39. The Hall–Kier alpha value is -1.02. The molecular formula is C17H27NO. The van der Waals surface area contributed by atoms with Crippen molar-refractivity contribution in [2.24, 2.45) is 0 Å².